The molecule has 6 nitrogen and oxygen atoms in total. The van der Waals surface area contributed by atoms with Crippen molar-refractivity contribution in [3.8, 4) is 0 Å². The topological polar surface area (TPSA) is 73.6 Å². The van der Waals surface area contributed by atoms with E-state index >= 15 is 0 Å². The fourth-order valence-electron chi connectivity index (χ4n) is 2.23. The molecule has 0 unspecified atom stereocenters. The van der Waals surface area contributed by atoms with Crippen molar-refractivity contribution in [3.05, 3.63) is 52.8 Å². The summed E-state index contributed by atoms with van der Waals surface area (Å²) in [4.78, 5) is 11.5. The Bertz CT molecular complexity index is 684. The van der Waals surface area contributed by atoms with Gasteiger partial charge in [0.25, 0.3) is 0 Å². The first kappa shape index (κ1) is 18.2. The molecule has 0 bridgehead atoms. The standard InChI is InChI=1S/C18H24N2O4/c1-18(2,3)16-9-15(17(21)22)20(19-16)10-13-5-7-14(8-6-13)11-24-12-23-4/h5-9H,10-12H2,1-4H3,(H,21,22). The first-order chi connectivity index (χ1) is 11.3. The van der Waals surface area contributed by atoms with Gasteiger partial charge >= 0.3 is 5.97 Å². The first-order valence-electron chi connectivity index (χ1n) is 7.77. The normalized spacial score (nSPS) is 11.7. The highest BCUT2D eigenvalue weighted by Crippen LogP contribution is 2.22. The van der Waals surface area contributed by atoms with Crippen LogP contribution in [0.3, 0.4) is 0 Å². The largest absolute Gasteiger partial charge is 0.477 e. The van der Waals surface area contributed by atoms with Gasteiger partial charge in [0.05, 0.1) is 18.8 Å². The molecule has 2 aromatic rings. The van der Waals surface area contributed by atoms with Crippen molar-refractivity contribution in [2.75, 3.05) is 13.9 Å². The maximum Gasteiger partial charge on any atom is 0.354 e. The van der Waals surface area contributed by atoms with Gasteiger partial charge < -0.3 is 14.6 Å². The van der Waals surface area contributed by atoms with Gasteiger partial charge in [-0.15, -0.1) is 0 Å². The van der Waals surface area contributed by atoms with Gasteiger partial charge in [0.15, 0.2) is 0 Å². The summed E-state index contributed by atoms with van der Waals surface area (Å²) in [6.07, 6.45) is 0. The summed E-state index contributed by atoms with van der Waals surface area (Å²) in [7, 11) is 1.58. The summed E-state index contributed by atoms with van der Waals surface area (Å²) in [6, 6.07) is 9.47. The third-order valence-electron chi connectivity index (χ3n) is 3.59. The Hall–Kier alpha value is -2.18. The summed E-state index contributed by atoms with van der Waals surface area (Å²) < 4.78 is 11.7. The molecule has 0 aliphatic rings. The highest BCUT2D eigenvalue weighted by Gasteiger charge is 2.22. The summed E-state index contributed by atoms with van der Waals surface area (Å²) in [5, 5.41) is 13.9. The SMILES string of the molecule is COCOCc1ccc(Cn2nc(C(C)(C)C)cc2C(=O)O)cc1. The van der Waals surface area contributed by atoms with E-state index in [0.717, 1.165) is 16.8 Å². The molecule has 0 spiro atoms. The third kappa shape index (κ3) is 4.66. The molecule has 0 saturated heterocycles. The number of methoxy groups -OCH3 is 1. The minimum absolute atomic E-state index is 0.196. The Labute approximate surface area is 142 Å². The van der Waals surface area contributed by atoms with Crippen molar-refractivity contribution in [2.24, 2.45) is 0 Å². The van der Waals surface area contributed by atoms with Crippen LogP contribution in [-0.4, -0.2) is 34.8 Å². The Morgan fingerprint density at radius 1 is 1.21 bits per heavy atom. The van der Waals surface area contributed by atoms with E-state index in [2.05, 4.69) is 5.10 Å². The number of carbonyl (C=O) groups is 1. The number of carboxylic acids is 1. The van der Waals surface area contributed by atoms with E-state index in [0.29, 0.717) is 13.2 Å². The van der Waals surface area contributed by atoms with Crippen molar-refractivity contribution in [2.45, 2.75) is 39.3 Å². The van der Waals surface area contributed by atoms with Crippen LogP contribution in [0.25, 0.3) is 0 Å². The van der Waals surface area contributed by atoms with E-state index < -0.39 is 5.97 Å². The van der Waals surface area contributed by atoms with Gasteiger partial charge in [-0.05, 0) is 17.2 Å². The average molecular weight is 332 g/mol. The molecule has 0 amide bonds. The number of hydrogen-bond donors (Lipinski definition) is 1. The zero-order valence-electron chi connectivity index (χ0n) is 14.6. The molecule has 1 aromatic heterocycles. The molecular weight excluding hydrogens is 308 g/mol. The molecule has 0 atom stereocenters. The number of nitrogens with zero attached hydrogens (tertiary/aromatic N) is 2. The molecule has 0 saturated carbocycles. The lowest BCUT2D eigenvalue weighted by molar-refractivity contribution is -0.0390. The fourth-order valence-corrected chi connectivity index (χ4v) is 2.23. The van der Waals surface area contributed by atoms with Crippen LogP contribution in [0.4, 0.5) is 0 Å². The zero-order valence-corrected chi connectivity index (χ0v) is 14.6. The molecule has 0 radical (unpaired) electrons. The monoisotopic (exact) mass is 332 g/mol. The highest BCUT2D eigenvalue weighted by atomic mass is 16.7. The minimum Gasteiger partial charge on any atom is -0.477 e. The van der Waals surface area contributed by atoms with Crippen LogP contribution in [-0.2, 0) is 28.0 Å². The number of hydrogen-bond acceptors (Lipinski definition) is 4. The lowest BCUT2D eigenvalue weighted by Crippen LogP contribution is -2.14. The number of benzene rings is 1. The molecule has 6 heteroatoms. The van der Waals surface area contributed by atoms with Crippen LogP contribution in [0.2, 0.25) is 0 Å². The third-order valence-corrected chi connectivity index (χ3v) is 3.59. The van der Waals surface area contributed by atoms with Gasteiger partial charge in [0, 0.05) is 12.5 Å². The quantitative estimate of drug-likeness (QED) is 0.623. The number of carboxylic acid groups (broad SMARTS) is 1. The molecule has 24 heavy (non-hydrogen) atoms. The summed E-state index contributed by atoms with van der Waals surface area (Å²) >= 11 is 0. The second-order valence-corrected chi connectivity index (χ2v) is 6.70. The lowest BCUT2D eigenvalue weighted by Gasteiger charge is -2.14. The van der Waals surface area contributed by atoms with E-state index in [4.69, 9.17) is 9.47 Å². The van der Waals surface area contributed by atoms with E-state index in [-0.39, 0.29) is 17.9 Å². The second kappa shape index (κ2) is 7.59. The second-order valence-electron chi connectivity index (χ2n) is 6.70. The van der Waals surface area contributed by atoms with Crippen LogP contribution < -0.4 is 0 Å². The molecule has 1 N–H and O–H groups in total. The molecule has 0 fully saturated rings. The van der Waals surface area contributed by atoms with Gasteiger partial charge in [-0.2, -0.15) is 5.10 Å². The average Bonchev–Trinajstić information content (AvgIpc) is 2.93. The van der Waals surface area contributed by atoms with Crippen LogP contribution in [0.5, 0.6) is 0 Å². The van der Waals surface area contributed by atoms with Gasteiger partial charge in [0.1, 0.15) is 12.5 Å². The van der Waals surface area contributed by atoms with E-state index in [1.807, 2.05) is 45.0 Å². The number of ether oxygens (including phenoxy) is 2. The molecule has 2 rings (SSSR count). The van der Waals surface area contributed by atoms with Crippen molar-refractivity contribution in [1.82, 2.24) is 9.78 Å². The highest BCUT2D eigenvalue weighted by molar-refractivity contribution is 5.85. The smallest absolute Gasteiger partial charge is 0.354 e. The van der Waals surface area contributed by atoms with Crippen molar-refractivity contribution < 1.29 is 19.4 Å². The Morgan fingerprint density at radius 2 is 1.83 bits per heavy atom. The fraction of sp³-hybridized carbons (Fsp3) is 0.444. The van der Waals surface area contributed by atoms with Crippen LogP contribution in [0.15, 0.2) is 30.3 Å². The molecular formula is C18H24N2O4. The predicted molar refractivity (Wildman–Crippen MR) is 90.1 cm³/mol. The molecule has 1 aromatic carbocycles. The molecule has 0 aliphatic carbocycles. The van der Waals surface area contributed by atoms with Crippen molar-refractivity contribution in [1.29, 1.82) is 0 Å². The van der Waals surface area contributed by atoms with Gasteiger partial charge in [-0.25, -0.2) is 4.79 Å². The maximum absolute atomic E-state index is 11.5. The summed E-state index contributed by atoms with van der Waals surface area (Å²) in [6.45, 7) is 7.19. The molecule has 1 heterocycles. The summed E-state index contributed by atoms with van der Waals surface area (Å²) in [5.41, 5.74) is 2.79. The maximum atomic E-state index is 11.5. The van der Waals surface area contributed by atoms with E-state index in [9.17, 15) is 9.90 Å². The van der Waals surface area contributed by atoms with Gasteiger partial charge in [-0.1, -0.05) is 45.0 Å². The van der Waals surface area contributed by atoms with Crippen LogP contribution in [0.1, 0.15) is 48.1 Å². The van der Waals surface area contributed by atoms with Gasteiger partial charge in [0.2, 0.25) is 0 Å². The van der Waals surface area contributed by atoms with Crippen LogP contribution >= 0.6 is 0 Å². The first-order valence-corrected chi connectivity index (χ1v) is 7.77. The predicted octanol–water partition coefficient (Wildman–Crippen LogP) is 3.05. The molecule has 130 valence electrons. The number of rotatable bonds is 7. The Kier molecular flexibility index (Phi) is 5.75. The number of aromatic carboxylic acids is 1. The van der Waals surface area contributed by atoms with Gasteiger partial charge in [-0.3, -0.25) is 4.68 Å². The zero-order chi connectivity index (χ0) is 17.7. The van der Waals surface area contributed by atoms with Crippen LogP contribution in [0, 0.1) is 0 Å². The van der Waals surface area contributed by atoms with E-state index in [1.54, 1.807) is 17.9 Å². The Balaban J connectivity index is 2.15. The van der Waals surface area contributed by atoms with Crippen molar-refractivity contribution in [3.63, 3.8) is 0 Å². The lowest BCUT2D eigenvalue weighted by atomic mass is 9.92. The van der Waals surface area contributed by atoms with E-state index in [1.165, 1.54) is 0 Å². The Morgan fingerprint density at radius 3 is 2.38 bits per heavy atom. The minimum atomic E-state index is -0.970. The molecule has 0 aliphatic heterocycles. The number of aromatic nitrogens is 2. The van der Waals surface area contributed by atoms with Crippen molar-refractivity contribution >= 4 is 5.97 Å². The summed E-state index contributed by atoms with van der Waals surface area (Å²) in [5.74, 6) is -0.970.